The molecule has 1 aliphatic rings. The first-order chi connectivity index (χ1) is 7.02. The Kier molecular flexibility index (Phi) is 3.03. The van der Waals surface area contributed by atoms with E-state index in [1.807, 2.05) is 0 Å². The van der Waals surface area contributed by atoms with Crippen molar-refractivity contribution in [1.82, 2.24) is 0 Å². The quantitative estimate of drug-likeness (QED) is 0.644. The Balaban J connectivity index is 2.64. The number of aryl methyl sites for hydroxylation is 2. The standard InChI is InChI=1S/C12H13.2CH3.Hf/c1-8-6-11-9(2)4-5-10(3)12(11)7-8;;;/h4-7H,1-3H3;2*1H3;. The second kappa shape index (κ2) is 4.01. The summed E-state index contributed by atoms with van der Waals surface area (Å²) in [6, 6.07) is 4.55. The molecule has 0 bridgehead atoms. The predicted molar refractivity (Wildman–Crippen MR) is 64.0 cm³/mol. The van der Waals surface area contributed by atoms with Gasteiger partial charge in [-0.1, -0.05) is 0 Å². The maximum absolute atomic E-state index is 2.53. The van der Waals surface area contributed by atoms with Gasteiger partial charge in [-0.05, 0) is 0 Å². The third kappa shape index (κ3) is 1.80. The van der Waals surface area contributed by atoms with Gasteiger partial charge < -0.3 is 0 Å². The van der Waals surface area contributed by atoms with E-state index < -0.39 is 21.4 Å². The summed E-state index contributed by atoms with van der Waals surface area (Å²) in [5.74, 6) is 0. The number of rotatable bonds is 1. The number of hydrogen-bond acceptors (Lipinski definition) is 0. The van der Waals surface area contributed by atoms with Crippen LogP contribution in [0.2, 0.25) is 9.36 Å². The third-order valence-electron chi connectivity index (χ3n) is 3.42. The van der Waals surface area contributed by atoms with E-state index in [1.54, 1.807) is 11.1 Å². The Hall–Kier alpha value is -0.170. The van der Waals surface area contributed by atoms with Crippen LogP contribution >= 0.6 is 0 Å². The molecule has 1 heteroatoms. The molecular weight excluding hydrogens is 347 g/mol. The van der Waals surface area contributed by atoms with E-state index in [9.17, 15) is 0 Å². The normalized spacial score (nSPS) is 18.7. The van der Waals surface area contributed by atoms with Gasteiger partial charge in [-0.3, -0.25) is 0 Å². The van der Waals surface area contributed by atoms with Crippen LogP contribution in [0.25, 0.3) is 6.08 Å². The Bertz CT molecular complexity index is 427. The zero-order valence-corrected chi connectivity index (χ0v) is 13.9. The van der Waals surface area contributed by atoms with Gasteiger partial charge in [0, 0.05) is 0 Å². The SMILES string of the molecule is CC1=Cc2c(C)ccc(C)c2[CH]1[Hf]([CH3])[CH3]. The summed E-state index contributed by atoms with van der Waals surface area (Å²) in [7, 11) is 0. The fourth-order valence-electron chi connectivity index (χ4n) is 2.71. The van der Waals surface area contributed by atoms with E-state index in [1.165, 1.54) is 16.7 Å². The third-order valence-corrected chi connectivity index (χ3v) is 10.2. The number of benzene rings is 1. The molecule has 0 nitrogen and oxygen atoms in total. The summed E-state index contributed by atoms with van der Waals surface area (Å²) in [4.78, 5) is 0. The second-order valence-electron chi connectivity index (χ2n) is 4.93. The Morgan fingerprint density at radius 1 is 1.00 bits per heavy atom. The van der Waals surface area contributed by atoms with E-state index >= 15 is 0 Å². The van der Waals surface area contributed by atoms with Crippen LogP contribution in [0.3, 0.4) is 0 Å². The van der Waals surface area contributed by atoms with E-state index in [0.29, 0.717) is 0 Å². The topological polar surface area (TPSA) is 0 Å². The molecule has 0 saturated carbocycles. The molecule has 0 spiro atoms. The van der Waals surface area contributed by atoms with Gasteiger partial charge >= 0.3 is 101 Å². The van der Waals surface area contributed by atoms with Crippen molar-refractivity contribution in [2.75, 3.05) is 0 Å². The molecule has 1 unspecified atom stereocenters. The van der Waals surface area contributed by atoms with Gasteiger partial charge in [0.05, 0.1) is 0 Å². The molecule has 1 atom stereocenters. The summed E-state index contributed by atoms with van der Waals surface area (Å²) in [5, 5.41) is 0. The second-order valence-corrected chi connectivity index (χ2v) is 14.7. The zero-order chi connectivity index (χ0) is 11.2. The summed E-state index contributed by atoms with van der Waals surface area (Å²) in [5.41, 5.74) is 7.77. The number of fused-ring (bicyclic) bond motifs is 1. The van der Waals surface area contributed by atoms with Crippen molar-refractivity contribution in [3.63, 3.8) is 0 Å². The van der Waals surface area contributed by atoms with Gasteiger partial charge in [0.1, 0.15) is 0 Å². The van der Waals surface area contributed by atoms with E-state index in [2.05, 4.69) is 48.3 Å². The van der Waals surface area contributed by atoms with Crippen molar-refractivity contribution in [2.45, 2.75) is 33.8 Å². The van der Waals surface area contributed by atoms with Crippen LogP contribution in [0, 0.1) is 13.8 Å². The minimum absolute atomic E-state index is 0.852. The van der Waals surface area contributed by atoms with Crippen LogP contribution in [-0.2, 0) is 21.4 Å². The molecule has 0 aliphatic heterocycles. The molecule has 0 heterocycles. The number of allylic oxidation sites excluding steroid dienone is 1. The maximum atomic E-state index is 2.53. The fraction of sp³-hybridized carbons (Fsp3) is 0.429. The molecule has 0 N–H and O–H groups in total. The van der Waals surface area contributed by atoms with Crippen molar-refractivity contribution in [1.29, 1.82) is 0 Å². The van der Waals surface area contributed by atoms with Crippen LogP contribution in [-0.4, -0.2) is 0 Å². The van der Waals surface area contributed by atoms with Crippen molar-refractivity contribution in [2.24, 2.45) is 0 Å². The van der Waals surface area contributed by atoms with Crippen LogP contribution in [0.4, 0.5) is 0 Å². The first kappa shape index (κ1) is 11.3. The van der Waals surface area contributed by atoms with E-state index in [-0.39, 0.29) is 0 Å². The van der Waals surface area contributed by atoms with Crippen molar-refractivity contribution in [3.8, 4) is 0 Å². The van der Waals surface area contributed by atoms with Gasteiger partial charge in [0.25, 0.3) is 0 Å². The fourth-order valence-corrected chi connectivity index (χ4v) is 9.73. The predicted octanol–water partition coefficient (Wildman–Crippen LogP) is 4.48. The molecule has 0 aromatic heterocycles. The van der Waals surface area contributed by atoms with E-state index in [0.717, 1.165) is 3.67 Å². The van der Waals surface area contributed by atoms with Gasteiger partial charge in [-0.15, -0.1) is 0 Å². The van der Waals surface area contributed by atoms with Crippen LogP contribution in [0.5, 0.6) is 0 Å². The summed E-state index contributed by atoms with van der Waals surface area (Å²) < 4.78 is 5.91. The molecule has 0 radical (unpaired) electrons. The molecule has 15 heavy (non-hydrogen) atoms. The van der Waals surface area contributed by atoms with Gasteiger partial charge in [0.15, 0.2) is 0 Å². The first-order valence-corrected chi connectivity index (χ1v) is 14.9. The van der Waals surface area contributed by atoms with Gasteiger partial charge in [-0.2, -0.15) is 0 Å². The Labute approximate surface area is 101 Å². The molecule has 0 fully saturated rings. The molecule has 0 saturated heterocycles. The summed E-state index contributed by atoms with van der Waals surface area (Å²) in [6.45, 7) is 6.83. The first-order valence-electron chi connectivity index (χ1n) is 5.60. The van der Waals surface area contributed by atoms with E-state index in [4.69, 9.17) is 0 Å². The molecular formula is C14H19Hf. The zero-order valence-electron chi connectivity index (χ0n) is 10.3. The molecule has 1 aromatic carbocycles. The Morgan fingerprint density at radius 3 is 2.20 bits per heavy atom. The number of hydrogen-bond donors (Lipinski definition) is 0. The monoisotopic (exact) mass is 367 g/mol. The molecule has 79 valence electrons. The van der Waals surface area contributed by atoms with Crippen LogP contribution in [0.15, 0.2) is 17.7 Å². The Morgan fingerprint density at radius 2 is 1.60 bits per heavy atom. The van der Waals surface area contributed by atoms with Gasteiger partial charge in [0.2, 0.25) is 0 Å². The molecule has 0 amide bonds. The average Bonchev–Trinajstić information content (AvgIpc) is 2.50. The van der Waals surface area contributed by atoms with Crippen LogP contribution in [0.1, 0.15) is 32.9 Å². The molecule has 1 aromatic rings. The van der Waals surface area contributed by atoms with Gasteiger partial charge in [-0.25, -0.2) is 0 Å². The molecule has 2 rings (SSSR count). The summed E-state index contributed by atoms with van der Waals surface area (Å²) in [6.07, 6.45) is 2.43. The van der Waals surface area contributed by atoms with Crippen molar-refractivity contribution < 1.29 is 21.4 Å². The minimum atomic E-state index is -1.35. The summed E-state index contributed by atoms with van der Waals surface area (Å²) >= 11 is -1.35. The average molecular weight is 366 g/mol. The van der Waals surface area contributed by atoms with Crippen molar-refractivity contribution in [3.05, 3.63) is 40.0 Å². The molecule has 1 aliphatic carbocycles. The van der Waals surface area contributed by atoms with Crippen molar-refractivity contribution >= 4 is 6.08 Å². The van der Waals surface area contributed by atoms with Crippen LogP contribution < -0.4 is 0 Å².